The summed E-state index contributed by atoms with van der Waals surface area (Å²) in [4.78, 5) is 0. The van der Waals surface area contributed by atoms with Crippen molar-refractivity contribution in [1.82, 2.24) is 5.32 Å². The van der Waals surface area contributed by atoms with E-state index in [9.17, 15) is 5.11 Å². The Labute approximate surface area is 137 Å². The molecule has 0 aromatic heterocycles. The third-order valence-electron chi connectivity index (χ3n) is 3.54. The first-order valence-electron chi connectivity index (χ1n) is 7.57. The van der Waals surface area contributed by atoms with Gasteiger partial charge in [0.1, 0.15) is 11.5 Å². The fraction of sp³-hybridized carbons (Fsp3) is 0.263. The second-order valence-electron chi connectivity index (χ2n) is 5.09. The smallest absolute Gasteiger partial charge is 0.126 e. The molecule has 4 heteroatoms. The first-order valence-corrected chi connectivity index (χ1v) is 7.57. The Morgan fingerprint density at radius 3 is 2.48 bits per heavy atom. The standard InChI is InChI=1S/C19H23NO3/c1-22-17-11-9-15(10-12-17)18(21)14-20-13-5-7-16-6-3-4-8-19(16)23-2/h3-12,18,20-21H,13-14H2,1-2H3/b7-5+. The van der Waals surface area contributed by atoms with Crippen molar-refractivity contribution in [2.45, 2.75) is 6.10 Å². The van der Waals surface area contributed by atoms with Crippen LogP contribution in [0.4, 0.5) is 0 Å². The molecule has 0 saturated heterocycles. The number of nitrogens with one attached hydrogen (secondary N) is 1. The molecule has 23 heavy (non-hydrogen) atoms. The van der Waals surface area contributed by atoms with E-state index >= 15 is 0 Å². The van der Waals surface area contributed by atoms with Crippen LogP contribution in [0.3, 0.4) is 0 Å². The van der Waals surface area contributed by atoms with Gasteiger partial charge in [-0.25, -0.2) is 0 Å². The molecule has 2 N–H and O–H groups in total. The van der Waals surface area contributed by atoms with E-state index in [-0.39, 0.29) is 0 Å². The molecule has 2 aromatic rings. The molecule has 0 heterocycles. The van der Waals surface area contributed by atoms with Gasteiger partial charge in [-0.2, -0.15) is 0 Å². The third-order valence-corrected chi connectivity index (χ3v) is 3.54. The average molecular weight is 313 g/mol. The quantitative estimate of drug-likeness (QED) is 0.736. The van der Waals surface area contributed by atoms with Gasteiger partial charge in [0.05, 0.1) is 20.3 Å². The van der Waals surface area contributed by atoms with Crippen LogP contribution in [0.5, 0.6) is 11.5 Å². The zero-order valence-electron chi connectivity index (χ0n) is 13.5. The maximum Gasteiger partial charge on any atom is 0.126 e. The summed E-state index contributed by atoms with van der Waals surface area (Å²) < 4.78 is 10.4. The highest BCUT2D eigenvalue weighted by atomic mass is 16.5. The van der Waals surface area contributed by atoms with Crippen molar-refractivity contribution in [3.8, 4) is 11.5 Å². The zero-order valence-corrected chi connectivity index (χ0v) is 13.5. The molecule has 0 aliphatic heterocycles. The number of ether oxygens (including phenoxy) is 2. The minimum Gasteiger partial charge on any atom is -0.497 e. The Balaban J connectivity index is 1.79. The Morgan fingerprint density at radius 1 is 1.04 bits per heavy atom. The van der Waals surface area contributed by atoms with Crippen LogP contribution in [0, 0.1) is 0 Å². The lowest BCUT2D eigenvalue weighted by molar-refractivity contribution is 0.176. The number of para-hydroxylation sites is 1. The van der Waals surface area contributed by atoms with E-state index in [4.69, 9.17) is 9.47 Å². The van der Waals surface area contributed by atoms with Gasteiger partial charge in [0.25, 0.3) is 0 Å². The maximum atomic E-state index is 10.1. The lowest BCUT2D eigenvalue weighted by atomic mass is 10.1. The van der Waals surface area contributed by atoms with Gasteiger partial charge < -0.3 is 19.9 Å². The molecule has 1 atom stereocenters. The van der Waals surface area contributed by atoms with Gasteiger partial charge in [-0.15, -0.1) is 0 Å². The molecule has 0 spiro atoms. The maximum absolute atomic E-state index is 10.1. The first-order chi connectivity index (χ1) is 11.2. The van der Waals surface area contributed by atoms with Crippen LogP contribution >= 0.6 is 0 Å². The van der Waals surface area contributed by atoms with Gasteiger partial charge in [-0.05, 0) is 23.8 Å². The number of hydrogen-bond donors (Lipinski definition) is 2. The fourth-order valence-electron chi connectivity index (χ4n) is 2.24. The molecule has 122 valence electrons. The van der Waals surface area contributed by atoms with E-state index in [0.29, 0.717) is 13.1 Å². The van der Waals surface area contributed by atoms with Crippen LogP contribution in [-0.4, -0.2) is 32.4 Å². The minimum absolute atomic E-state index is 0.489. The number of aliphatic hydroxyl groups excluding tert-OH is 1. The Hall–Kier alpha value is -2.30. The first kappa shape index (κ1) is 17.1. The van der Waals surface area contributed by atoms with Crippen molar-refractivity contribution in [3.63, 3.8) is 0 Å². The molecular weight excluding hydrogens is 290 g/mol. The molecular formula is C19H23NO3. The highest BCUT2D eigenvalue weighted by molar-refractivity contribution is 5.57. The molecule has 0 aliphatic rings. The summed E-state index contributed by atoms with van der Waals surface area (Å²) in [5.41, 5.74) is 1.90. The highest BCUT2D eigenvalue weighted by Crippen LogP contribution is 2.19. The molecule has 2 rings (SSSR count). The molecule has 0 bridgehead atoms. The Kier molecular flexibility index (Phi) is 6.66. The monoisotopic (exact) mass is 313 g/mol. The Bertz CT molecular complexity index is 623. The molecule has 0 aliphatic carbocycles. The summed E-state index contributed by atoms with van der Waals surface area (Å²) in [6, 6.07) is 15.3. The van der Waals surface area contributed by atoms with Crippen molar-refractivity contribution in [2.75, 3.05) is 27.3 Å². The van der Waals surface area contributed by atoms with Crippen LogP contribution < -0.4 is 14.8 Å². The van der Waals surface area contributed by atoms with Crippen LogP contribution in [-0.2, 0) is 0 Å². The Morgan fingerprint density at radius 2 is 1.78 bits per heavy atom. The van der Waals surface area contributed by atoms with Gasteiger partial charge in [0, 0.05) is 18.7 Å². The molecule has 0 radical (unpaired) electrons. The summed E-state index contributed by atoms with van der Waals surface area (Å²) in [6.07, 6.45) is 3.48. The van der Waals surface area contributed by atoms with Gasteiger partial charge in [0.15, 0.2) is 0 Å². The van der Waals surface area contributed by atoms with E-state index < -0.39 is 6.10 Å². The van der Waals surface area contributed by atoms with E-state index in [1.165, 1.54) is 0 Å². The minimum atomic E-state index is -0.541. The number of hydrogen-bond acceptors (Lipinski definition) is 4. The third kappa shape index (κ3) is 5.13. The second-order valence-corrected chi connectivity index (χ2v) is 5.09. The van der Waals surface area contributed by atoms with Crippen molar-refractivity contribution >= 4 is 6.08 Å². The molecule has 1 unspecified atom stereocenters. The van der Waals surface area contributed by atoms with E-state index in [1.807, 2.05) is 60.7 Å². The number of rotatable bonds is 8. The van der Waals surface area contributed by atoms with Crippen LogP contribution in [0.15, 0.2) is 54.6 Å². The van der Waals surface area contributed by atoms with Gasteiger partial charge in [0.2, 0.25) is 0 Å². The average Bonchev–Trinajstić information content (AvgIpc) is 2.61. The lowest BCUT2D eigenvalue weighted by Gasteiger charge is -2.12. The van der Waals surface area contributed by atoms with Crippen LogP contribution in [0.2, 0.25) is 0 Å². The van der Waals surface area contributed by atoms with Crippen LogP contribution in [0.25, 0.3) is 6.08 Å². The molecule has 0 fully saturated rings. The van der Waals surface area contributed by atoms with Crippen LogP contribution in [0.1, 0.15) is 17.2 Å². The zero-order chi connectivity index (χ0) is 16.5. The lowest BCUT2D eigenvalue weighted by Crippen LogP contribution is -2.21. The second kappa shape index (κ2) is 8.98. The largest absolute Gasteiger partial charge is 0.497 e. The predicted molar refractivity (Wildman–Crippen MR) is 92.9 cm³/mol. The van der Waals surface area contributed by atoms with E-state index in [2.05, 4.69) is 5.32 Å². The normalized spacial score (nSPS) is 12.3. The number of aliphatic hydroxyl groups is 1. The predicted octanol–water partition coefficient (Wildman–Crippen LogP) is 3.04. The molecule has 0 amide bonds. The van der Waals surface area contributed by atoms with Gasteiger partial charge in [-0.1, -0.05) is 42.5 Å². The molecule has 0 saturated carbocycles. The SMILES string of the molecule is COc1ccc(C(O)CNC/C=C/c2ccccc2OC)cc1. The summed E-state index contributed by atoms with van der Waals surface area (Å²) in [7, 11) is 3.29. The summed E-state index contributed by atoms with van der Waals surface area (Å²) >= 11 is 0. The summed E-state index contributed by atoms with van der Waals surface area (Å²) in [5.74, 6) is 1.63. The molecule has 2 aromatic carbocycles. The van der Waals surface area contributed by atoms with E-state index in [1.54, 1.807) is 14.2 Å². The van der Waals surface area contributed by atoms with Gasteiger partial charge >= 0.3 is 0 Å². The van der Waals surface area contributed by atoms with Crippen molar-refractivity contribution in [3.05, 3.63) is 65.7 Å². The van der Waals surface area contributed by atoms with Crippen molar-refractivity contribution in [1.29, 1.82) is 0 Å². The van der Waals surface area contributed by atoms with Crippen molar-refractivity contribution < 1.29 is 14.6 Å². The summed E-state index contributed by atoms with van der Waals surface area (Å²) in [6.45, 7) is 1.16. The van der Waals surface area contributed by atoms with Crippen molar-refractivity contribution in [2.24, 2.45) is 0 Å². The van der Waals surface area contributed by atoms with E-state index in [0.717, 1.165) is 22.6 Å². The fourth-order valence-corrected chi connectivity index (χ4v) is 2.24. The number of benzene rings is 2. The number of methoxy groups -OCH3 is 2. The highest BCUT2D eigenvalue weighted by Gasteiger charge is 2.06. The topological polar surface area (TPSA) is 50.7 Å². The summed E-state index contributed by atoms with van der Waals surface area (Å²) in [5, 5.41) is 13.3. The van der Waals surface area contributed by atoms with Gasteiger partial charge in [-0.3, -0.25) is 0 Å². The molecule has 4 nitrogen and oxygen atoms in total.